The van der Waals surface area contributed by atoms with Gasteiger partial charge in [-0.15, -0.1) is 0 Å². The van der Waals surface area contributed by atoms with Crippen molar-refractivity contribution in [1.82, 2.24) is 0 Å². The fourth-order valence-electron chi connectivity index (χ4n) is 2.08. The summed E-state index contributed by atoms with van der Waals surface area (Å²) in [6.07, 6.45) is 1.68. The summed E-state index contributed by atoms with van der Waals surface area (Å²) >= 11 is 0. The highest BCUT2D eigenvalue weighted by Crippen LogP contribution is 2.23. The molecule has 0 bridgehead atoms. The fraction of sp³-hybridized carbons (Fsp3) is 0.267. The van der Waals surface area contributed by atoms with E-state index in [1.54, 1.807) is 12.3 Å². The number of hydrogen-bond donors (Lipinski definition) is 0. The molecular weight excluding hydrogens is 270 g/mol. The van der Waals surface area contributed by atoms with Crippen LogP contribution >= 0.6 is 0 Å². The molecule has 0 amide bonds. The fourth-order valence-corrected chi connectivity index (χ4v) is 2.08. The van der Waals surface area contributed by atoms with E-state index in [9.17, 15) is 10.1 Å². The molecule has 1 aromatic heterocycles. The van der Waals surface area contributed by atoms with Crippen molar-refractivity contribution in [2.24, 2.45) is 0 Å². The zero-order valence-corrected chi connectivity index (χ0v) is 12.1. The Morgan fingerprint density at radius 2 is 2.00 bits per heavy atom. The van der Waals surface area contributed by atoms with E-state index in [1.807, 2.05) is 43.1 Å². The second-order valence-electron chi connectivity index (χ2n) is 4.59. The quantitative estimate of drug-likeness (QED) is 0.604. The molecule has 6 heteroatoms. The van der Waals surface area contributed by atoms with E-state index in [4.69, 9.17) is 4.74 Å². The maximum Gasteiger partial charge on any atom is 0.357 e. The van der Waals surface area contributed by atoms with Crippen LogP contribution in [0.1, 0.15) is 12.5 Å². The summed E-state index contributed by atoms with van der Waals surface area (Å²) < 4.78 is 5.39. The first-order valence-electron chi connectivity index (χ1n) is 6.69. The maximum absolute atomic E-state index is 11.0. The standard InChI is InChI=1S/C15H17N3O3/c1-3-21-13-8-6-12(7-9-13)11-17(2)15-14(18(19)20)5-4-10-16-15/h4-10H,3,11H2,1-2H3/p+1. The van der Waals surface area contributed by atoms with E-state index >= 15 is 0 Å². The molecule has 2 aromatic rings. The van der Waals surface area contributed by atoms with Gasteiger partial charge in [0.2, 0.25) is 0 Å². The lowest BCUT2D eigenvalue weighted by Gasteiger charge is -2.11. The molecule has 0 saturated heterocycles. The zero-order chi connectivity index (χ0) is 15.2. The molecule has 0 aliphatic rings. The Kier molecular flexibility index (Phi) is 4.71. The molecule has 6 nitrogen and oxygen atoms in total. The van der Waals surface area contributed by atoms with Crippen LogP contribution in [0.4, 0.5) is 11.5 Å². The van der Waals surface area contributed by atoms with Gasteiger partial charge in [0.25, 0.3) is 0 Å². The number of hydrogen-bond acceptors (Lipinski definition) is 4. The predicted molar refractivity (Wildman–Crippen MR) is 79.4 cm³/mol. The van der Waals surface area contributed by atoms with Gasteiger partial charge in [0, 0.05) is 6.07 Å². The molecule has 1 heterocycles. The third-order valence-electron chi connectivity index (χ3n) is 3.05. The number of aromatic amines is 1. The van der Waals surface area contributed by atoms with E-state index in [0.29, 0.717) is 19.0 Å². The Morgan fingerprint density at radius 1 is 1.29 bits per heavy atom. The second-order valence-corrected chi connectivity index (χ2v) is 4.59. The summed E-state index contributed by atoms with van der Waals surface area (Å²) in [5.74, 6) is 1.30. The Morgan fingerprint density at radius 3 is 2.62 bits per heavy atom. The molecule has 0 fully saturated rings. The zero-order valence-electron chi connectivity index (χ0n) is 12.1. The Hall–Kier alpha value is -2.63. The largest absolute Gasteiger partial charge is 0.494 e. The average Bonchev–Trinajstić information content (AvgIpc) is 2.49. The lowest BCUT2D eigenvalue weighted by atomic mass is 10.2. The normalized spacial score (nSPS) is 10.2. The molecule has 1 aromatic carbocycles. The van der Waals surface area contributed by atoms with Gasteiger partial charge >= 0.3 is 11.5 Å². The first-order chi connectivity index (χ1) is 10.1. The number of benzene rings is 1. The number of nitrogens with zero attached hydrogens (tertiary/aromatic N) is 2. The monoisotopic (exact) mass is 288 g/mol. The van der Waals surface area contributed by atoms with Gasteiger partial charge in [0.1, 0.15) is 12.3 Å². The van der Waals surface area contributed by atoms with Crippen molar-refractivity contribution < 1.29 is 14.6 Å². The van der Waals surface area contributed by atoms with Crippen molar-refractivity contribution in [1.29, 1.82) is 0 Å². The number of rotatable bonds is 6. The number of pyridine rings is 1. The van der Waals surface area contributed by atoms with Crippen LogP contribution in [0.15, 0.2) is 42.6 Å². The minimum atomic E-state index is -0.388. The van der Waals surface area contributed by atoms with Gasteiger partial charge < -0.3 is 4.74 Å². The first-order valence-corrected chi connectivity index (χ1v) is 6.69. The number of H-pyrrole nitrogens is 1. The SMILES string of the molecule is CCOc1ccc(CN(C)c2[nH+]cccc2[N+](=O)[O-])cc1. The molecule has 0 unspecified atom stereocenters. The lowest BCUT2D eigenvalue weighted by Crippen LogP contribution is -2.25. The summed E-state index contributed by atoms with van der Waals surface area (Å²) in [5, 5.41) is 11.0. The van der Waals surface area contributed by atoms with Crippen molar-refractivity contribution in [2.75, 3.05) is 18.6 Å². The summed E-state index contributed by atoms with van der Waals surface area (Å²) in [6, 6.07) is 10.8. The van der Waals surface area contributed by atoms with Crippen LogP contribution in [0.5, 0.6) is 5.75 Å². The Labute approximate surface area is 123 Å². The van der Waals surface area contributed by atoms with E-state index < -0.39 is 0 Å². The third kappa shape index (κ3) is 3.68. The van der Waals surface area contributed by atoms with Gasteiger partial charge in [-0.2, -0.15) is 0 Å². The van der Waals surface area contributed by atoms with Crippen molar-refractivity contribution in [3.63, 3.8) is 0 Å². The highest BCUT2D eigenvalue weighted by atomic mass is 16.6. The van der Waals surface area contributed by atoms with Crippen LogP contribution in [0, 0.1) is 10.1 Å². The Bertz CT molecular complexity index is 614. The van der Waals surface area contributed by atoms with Crippen LogP contribution in [0.3, 0.4) is 0 Å². The minimum absolute atomic E-state index is 0.0611. The van der Waals surface area contributed by atoms with Crippen molar-refractivity contribution in [3.05, 3.63) is 58.3 Å². The predicted octanol–water partition coefficient (Wildman–Crippen LogP) is 2.44. The lowest BCUT2D eigenvalue weighted by molar-refractivity contribution is -0.411. The molecule has 2 rings (SSSR count). The topological polar surface area (TPSA) is 69.8 Å². The van der Waals surface area contributed by atoms with Gasteiger partial charge in [0.15, 0.2) is 0 Å². The minimum Gasteiger partial charge on any atom is -0.494 e. The van der Waals surface area contributed by atoms with Gasteiger partial charge in [-0.3, -0.25) is 15.0 Å². The van der Waals surface area contributed by atoms with Gasteiger partial charge in [-0.1, -0.05) is 12.1 Å². The van der Waals surface area contributed by atoms with Crippen LogP contribution < -0.4 is 14.6 Å². The highest BCUT2D eigenvalue weighted by Gasteiger charge is 2.24. The molecule has 0 saturated carbocycles. The number of ether oxygens (including phenoxy) is 1. The molecule has 110 valence electrons. The third-order valence-corrected chi connectivity index (χ3v) is 3.05. The van der Waals surface area contributed by atoms with E-state index in [-0.39, 0.29) is 10.6 Å². The Balaban J connectivity index is 2.14. The van der Waals surface area contributed by atoms with Crippen molar-refractivity contribution in [2.45, 2.75) is 13.5 Å². The molecule has 0 spiro atoms. The summed E-state index contributed by atoms with van der Waals surface area (Å²) in [5.41, 5.74) is 1.11. The van der Waals surface area contributed by atoms with Gasteiger partial charge in [-0.05, 0) is 30.7 Å². The van der Waals surface area contributed by atoms with E-state index in [0.717, 1.165) is 11.3 Å². The molecule has 0 aliphatic carbocycles. The summed E-state index contributed by atoms with van der Waals surface area (Å²) in [7, 11) is 1.81. The van der Waals surface area contributed by atoms with Gasteiger partial charge in [0.05, 0.1) is 24.8 Å². The molecule has 1 N–H and O–H groups in total. The molecular formula is C15H18N3O3+. The molecule has 0 atom stereocenters. The van der Waals surface area contributed by atoms with Crippen LogP contribution in [-0.2, 0) is 6.54 Å². The molecule has 0 aliphatic heterocycles. The van der Waals surface area contributed by atoms with Crippen LogP contribution in [0.2, 0.25) is 0 Å². The second kappa shape index (κ2) is 6.69. The molecule has 21 heavy (non-hydrogen) atoms. The summed E-state index contributed by atoms with van der Waals surface area (Å²) in [4.78, 5) is 15.4. The summed E-state index contributed by atoms with van der Waals surface area (Å²) in [6.45, 7) is 3.13. The van der Waals surface area contributed by atoms with Crippen LogP contribution in [-0.4, -0.2) is 18.6 Å². The van der Waals surface area contributed by atoms with E-state index in [1.165, 1.54) is 6.07 Å². The smallest absolute Gasteiger partial charge is 0.357 e. The number of anilines is 1. The van der Waals surface area contributed by atoms with Crippen molar-refractivity contribution >= 4 is 11.5 Å². The average molecular weight is 288 g/mol. The van der Waals surface area contributed by atoms with Crippen LogP contribution in [0.25, 0.3) is 0 Å². The number of nitrogens with one attached hydrogen (secondary N) is 1. The van der Waals surface area contributed by atoms with Gasteiger partial charge in [-0.25, -0.2) is 4.98 Å². The van der Waals surface area contributed by atoms with Crippen molar-refractivity contribution in [3.8, 4) is 5.75 Å². The first kappa shape index (κ1) is 14.8. The number of aromatic nitrogens is 1. The maximum atomic E-state index is 11.0. The highest BCUT2D eigenvalue weighted by molar-refractivity contribution is 5.52. The molecule has 0 radical (unpaired) electrons. The number of nitro groups is 1. The van der Waals surface area contributed by atoms with E-state index in [2.05, 4.69) is 4.98 Å².